The molecule has 2 rings (SSSR count). The van der Waals surface area contributed by atoms with E-state index in [2.05, 4.69) is 53.5 Å². The van der Waals surface area contributed by atoms with Gasteiger partial charge >= 0.3 is 0 Å². The van der Waals surface area contributed by atoms with Gasteiger partial charge in [0.15, 0.2) is 5.79 Å². The first-order valence-electron chi connectivity index (χ1n) is 10.3. The summed E-state index contributed by atoms with van der Waals surface area (Å²) in [5.74, 6) is 0.420. The van der Waals surface area contributed by atoms with E-state index in [1.54, 1.807) is 0 Å². The molecule has 0 aromatic carbocycles. The normalized spacial score (nSPS) is 40.8. The van der Waals surface area contributed by atoms with Crippen molar-refractivity contribution in [2.24, 2.45) is 17.8 Å². The van der Waals surface area contributed by atoms with Crippen LogP contribution in [0.15, 0.2) is 10.2 Å². The molecule has 0 aromatic heterocycles. The minimum atomic E-state index is -0.677. The van der Waals surface area contributed by atoms with Crippen molar-refractivity contribution in [3.8, 4) is 0 Å². The molecule has 0 radical (unpaired) electrons. The lowest BCUT2D eigenvalue weighted by Crippen LogP contribution is -2.56. The van der Waals surface area contributed by atoms with E-state index in [9.17, 15) is 10.2 Å². The van der Waals surface area contributed by atoms with Crippen LogP contribution in [0.25, 0.3) is 0 Å². The molecule has 0 amide bonds. The third-order valence-electron chi connectivity index (χ3n) is 6.33. The van der Waals surface area contributed by atoms with Gasteiger partial charge in [-0.1, -0.05) is 49.4 Å². The first-order valence-corrected chi connectivity index (χ1v) is 11.5. The van der Waals surface area contributed by atoms with Crippen molar-refractivity contribution >= 4 is 22.6 Å². The summed E-state index contributed by atoms with van der Waals surface area (Å²) in [6, 6.07) is 0. The molecule has 152 valence electrons. The highest BCUT2D eigenvalue weighted by atomic mass is 127. The molecule has 0 bridgehead atoms. The van der Waals surface area contributed by atoms with Gasteiger partial charge in [-0.2, -0.15) is 0 Å². The average Bonchev–Trinajstić information content (AvgIpc) is 2.58. The van der Waals surface area contributed by atoms with Crippen LogP contribution in [0.5, 0.6) is 0 Å². The first kappa shape index (κ1) is 22.6. The third-order valence-corrected chi connectivity index (χ3v) is 6.74. The fourth-order valence-electron chi connectivity index (χ4n) is 4.36. The molecule has 2 fully saturated rings. The van der Waals surface area contributed by atoms with E-state index >= 15 is 0 Å². The Morgan fingerprint density at radius 3 is 2.58 bits per heavy atom. The Kier molecular flexibility index (Phi) is 8.86. The number of rotatable bonds is 7. The van der Waals surface area contributed by atoms with Gasteiger partial charge in [0.05, 0.1) is 24.4 Å². The molecular formula is C21H37IO4. The summed E-state index contributed by atoms with van der Waals surface area (Å²) >= 11 is 2.28. The van der Waals surface area contributed by atoms with Crippen molar-refractivity contribution in [2.75, 3.05) is 0 Å². The van der Waals surface area contributed by atoms with E-state index < -0.39 is 11.9 Å². The summed E-state index contributed by atoms with van der Waals surface area (Å²) in [4.78, 5) is 0. The van der Waals surface area contributed by atoms with E-state index in [-0.39, 0.29) is 24.2 Å². The molecular weight excluding hydrogens is 443 g/mol. The molecule has 8 atom stereocenters. The van der Waals surface area contributed by atoms with Gasteiger partial charge in [-0.25, -0.2) is 0 Å². The maximum Gasteiger partial charge on any atom is 0.171 e. The van der Waals surface area contributed by atoms with Gasteiger partial charge in [0.2, 0.25) is 0 Å². The topological polar surface area (TPSA) is 58.9 Å². The smallest absolute Gasteiger partial charge is 0.171 e. The van der Waals surface area contributed by atoms with Crippen molar-refractivity contribution in [1.29, 1.82) is 0 Å². The highest BCUT2D eigenvalue weighted by molar-refractivity contribution is 14.1. The molecule has 2 heterocycles. The maximum absolute atomic E-state index is 10.7. The van der Waals surface area contributed by atoms with E-state index in [1.807, 2.05) is 6.92 Å². The minimum absolute atomic E-state index is 0.00431. The van der Waals surface area contributed by atoms with Crippen molar-refractivity contribution in [3.05, 3.63) is 10.2 Å². The van der Waals surface area contributed by atoms with Crippen molar-refractivity contribution < 1.29 is 19.7 Å². The standard InChI is InChI=1S/C21H37IO4/c1-5-17(9-11-22)6-7-19-16(4)18(24)13-21(25-19)10-8-14(2)20(26-21)12-15(3)23/h9,11,14-20,23-24H,5-8,10,12-13H2,1-4H3/b11-9+/t14-,15+,16-,17+,18-,19-,20-,21-/m0/s1. The van der Waals surface area contributed by atoms with Crippen molar-refractivity contribution in [1.82, 2.24) is 0 Å². The minimum Gasteiger partial charge on any atom is -0.393 e. The summed E-state index contributed by atoms with van der Waals surface area (Å²) < 4.78 is 15.0. The Labute approximate surface area is 172 Å². The Morgan fingerprint density at radius 1 is 1.27 bits per heavy atom. The van der Waals surface area contributed by atoms with E-state index in [1.165, 1.54) is 0 Å². The molecule has 1 spiro atoms. The predicted octanol–water partition coefficient (Wildman–Crippen LogP) is 4.81. The fraction of sp³-hybridized carbons (Fsp3) is 0.905. The Bertz CT molecular complexity index is 455. The lowest BCUT2D eigenvalue weighted by molar-refractivity contribution is -0.347. The van der Waals surface area contributed by atoms with Crippen LogP contribution in [0, 0.1) is 17.8 Å². The molecule has 0 aromatic rings. The number of aliphatic hydroxyl groups excluding tert-OH is 2. The number of hydrogen-bond acceptors (Lipinski definition) is 4. The summed E-state index contributed by atoms with van der Waals surface area (Å²) in [5.41, 5.74) is 0. The molecule has 0 aliphatic carbocycles. The molecule has 2 N–H and O–H groups in total. The van der Waals surface area contributed by atoms with Crippen LogP contribution in [0.2, 0.25) is 0 Å². The zero-order valence-corrected chi connectivity index (χ0v) is 18.9. The second kappa shape index (κ2) is 10.2. The molecule has 5 heteroatoms. The summed E-state index contributed by atoms with van der Waals surface area (Å²) in [6.07, 6.45) is 7.65. The number of halogens is 1. The van der Waals surface area contributed by atoms with Crippen molar-refractivity contribution in [2.45, 2.75) is 103 Å². The van der Waals surface area contributed by atoms with Gasteiger partial charge in [0.25, 0.3) is 0 Å². The summed E-state index contributed by atoms with van der Waals surface area (Å²) in [7, 11) is 0. The van der Waals surface area contributed by atoms with Crippen LogP contribution in [-0.4, -0.2) is 40.4 Å². The fourth-order valence-corrected chi connectivity index (χ4v) is 4.95. The third kappa shape index (κ3) is 5.90. The lowest BCUT2D eigenvalue weighted by atomic mass is 9.80. The second-order valence-electron chi connectivity index (χ2n) is 8.52. The Balaban J connectivity index is 2.05. The van der Waals surface area contributed by atoms with Crippen LogP contribution in [0.1, 0.15) is 72.6 Å². The quantitative estimate of drug-likeness (QED) is 0.514. The molecule has 2 aliphatic heterocycles. The number of ether oxygens (including phenoxy) is 2. The van der Waals surface area contributed by atoms with Gasteiger partial charge in [0, 0.05) is 18.8 Å². The van der Waals surface area contributed by atoms with Gasteiger partial charge < -0.3 is 19.7 Å². The van der Waals surface area contributed by atoms with Crippen LogP contribution in [0.3, 0.4) is 0 Å². The molecule has 0 saturated carbocycles. The Morgan fingerprint density at radius 2 is 1.96 bits per heavy atom. The van der Waals surface area contributed by atoms with E-state index in [0.717, 1.165) is 32.1 Å². The zero-order valence-electron chi connectivity index (χ0n) is 16.7. The highest BCUT2D eigenvalue weighted by Gasteiger charge is 2.49. The van der Waals surface area contributed by atoms with Crippen LogP contribution >= 0.6 is 22.6 Å². The van der Waals surface area contributed by atoms with Crippen LogP contribution < -0.4 is 0 Å². The molecule has 2 aliphatic rings. The van der Waals surface area contributed by atoms with Gasteiger partial charge in [-0.05, 0) is 54.9 Å². The van der Waals surface area contributed by atoms with Gasteiger partial charge in [-0.3, -0.25) is 0 Å². The second-order valence-corrected chi connectivity index (χ2v) is 9.24. The molecule has 2 saturated heterocycles. The molecule has 4 nitrogen and oxygen atoms in total. The number of aliphatic hydroxyl groups is 2. The highest BCUT2D eigenvalue weighted by Crippen LogP contribution is 2.44. The largest absolute Gasteiger partial charge is 0.393 e. The van der Waals surface area contributed by atoms with Crippen LogP contribution in [-0.2, 0) is 9.47 Å². The zero-order chi connectivity index (χ0) is 19.3. The molecule has 26 heavy (non-hydrogen) atoms. The summed E-state index contributed by atoms with van der Waals surface area (Å²) in [6.45, 7) is 8.30. The first-order chi connectivity index (χ1) is 12.3. The average molecular weight is 480 g/mol. The van der Waals surface area contributed by atoms with E-state index in [0.29, 0.717) is 24.7 Å². The van der Waals surface area contributed by atoms with Gasteiger partial charge in [-0.15, -0.1) is 0 Å². The predicted molar refractivity (Wildman–Crippen MR) is 113 cm³/mol. The van der Waals surface area contributed by atoms with Crippen LogP contribution in [0.4, 0.5) is 0 Å². The van der Waals surface area contributed by atoms with Crippen molar-refractivity contribution in [3.63, 3.8) is 0 Å². The Hall–Kier alpha value is 0.310. The number of allylic oxidation sites excluding steroid dienone is 1. The monoisotopic (exact) mass is 480 g/mol. The van der Waals surface area contributed by atoms with E-state index in [4.69, 9.17) is 9.47 Å². The summed E-state index contributed by atoms with van der Waals surface area (Å²) in [5, 5.41) is 20.5. The van der Waals surface area contributed by atoms with Gasteiger partial charge in [0.1, 0.15) is 0 Å². The number of hydrogen-bond donors (Lipinski definition) is 2. The maximum atomic E-state index is 10.7. The SMILES string of the molecule is CC[C@@H](/C=C/I)CC[C@@H]1O[C@]2(CC[C@H](C)[C@H](C[C@@H](C)O)O2)C[C@H](O)[C@@H]1C. The lowest BCUT2D eigenvalue weighted by Gasteiger charge is -2.51. The molecule has 0 unspecified atom stereocenters.